The zero-order valence-corrected chi connectivity index (χ0v) is 11.1. The SMILES string of the molecule is COc1ccc(OCCOc2ccc(N)cc2F)cc1. The lowest BCUT2D eigenvalue weighted by atomic mass is 10.3. The highest BCUT2D eigenvalue weighted by Crippen LogP contribution is 2.20. The topological polar surface area (TPSA) is 53.7 Å². The first-order chi connectivity index (χ1) is 9.69. The maximum atomic E-state index is 13.4. The van der Waals surface area contributed by atoms with E-state index >= 15 is 0 Å². The molecular formula is C15H16FNO3. The maximum absolute atomic E-state index is 13.4. The molecule has 0 fully saturated rings. The molecule has 0 radical (unpaired) electrons. The summed E-state index contributed by atoms with van der Waals surface area (Å²) in [6.07, 6.45) is 0. The minimum atomic E-state index is -0.477. The fraction of sp³-hybridized carbons (Fsp3) is 0.200. The van der Waals surface area contributed by atoms with Crippen molar-refractivity contribution in [2.45, 2.75) is 0 Å². The van der Waals surface area contributed by atoms with Crippen LogP contribution >= 0.6 is 0 Å². The van der Waals surface area contributed by atoms with Crippen LogP contribution in [0.15, 0.2) is 42.5 Å². The molecule has 0 saturated heterocycles. The zero-order valence-electron chi connectivity index (χ0n) is 11.1. The number of ether oxygens (including phenoxy) is 3. The third-order valence-electron chi connectivity index (χ3n) is 2.62. The van der Waals surface area contributed by atoms with Crippen LogP contribution < -0.4 is 19.9 Å². The standard InChI is InChI=1S/C15H16FNO3/c1-18-12-3-5-13(6-4-12)19-8-9-20-15-7-2-11(17)10-14(15)16/h2-7,10H,8-9,17H2,1H3. The molecule has 106 valence electrons. The second-order valence-corrected chi connectivity index (χ2v) is 4.06. The first-order valence-electron chi connectivity index (χ1n) is 6.14. The van der Waals surface area contributed by atoms with Gasteiger partial charge in [-0.2, -0.15) is 0 Å². The second kappa shape index (κ2) is 6.65. The summed E-state index contributed by atoms with van der Waals surface area (Å²) in [4.78, 5) is 0. The minimum Gasteiger partial charge on any atom is -0.497 e. The summed E-state index contributed by atoms with van der Waals surface area (Å²) in [5.41, 5.74) is 5.82. The van der Waals surface area contributed by atoms with Gasteiger partial charge in [0, 0.05) is 11.8 Å². The average molecular weight is 277 g/mol. The van der Waals surface area contributed by atoms with E-state index in [-0.39, 0.29) is 12.4 Å². The molecule has 20 heavy (non-hydrogen) atoms. The van der Waals surface area contributed by atoms with Gasteiger partial charge < -0.3 is 19.9 Å². The molecule has 0 aromatic heterocycles. The van der Waals surface area contributed by atoms with Crippen LogP contribution in [-0.2, 0) is 0 Å². The van der Waals surface area contributed by atoms with Crippen LogP contribution in [0.2, 0.25) is 0 Å². The monoisotopic (exact) mass is 277 g/mol. The van der Waals surface area contributed by atoms with E-state index in [2.05, 4.69) is 0 Å². The second-order valence-electron chi connectivity index (χ2n) is 4.06. The van der Waals surface area contributed by atoms with Gasteiger partial charge in [-0.3, -0.25) is 0 Å². The third kappa shape index (κ3) is 3.78. The van der Waals surface area contributed by atoms with Crippen LogP contribution in [0.4, 0.5) is 10.1 Å². The third-order valence-corrected chi connectivity index (χ3v) is 2.62. The van der Waals surface area contributed by atoms with Crippen molar-refractivity contribution in [3.63, 3.8) is 0 Å². The number of rotatable bonds is 6. The minimum absolute atomic E-state index is 0.164. The largest absolute Gasteiger partial charge is 0.497 e. The molecule has 0 aliphatic heterocycles. The molecular weight excluding hydrogens is 261 g/mol. The highest BCUT2D eigenvalue weighted by atomic mass is 19.1. The average Bonchev–Trinajstić information content (AvgIpc) is 2.46. The molecule has 0 heterocycles. The van der Waals surface area contributed by atoms with Crippen molar-refractivity contribution in [1.29, 1.82) is 0 Å². The first kappa shape index (κ1) is 14.0. The summed E-state index contributed by atoms with van der Waals surface area (Å²) >= 11 is 0. The van der Waals surface area contributed by atoms with Crippen molar-refractivity contribution in [3.05, 3.63) is 48.3 Å². The molecule has 2 aromatic carbocycles. The number of nitrogens with two attached hydrogens (primary N) is 1. The van der Waals surface area contributed by atoms with Crippen molar-refractivity contribution in [3.8, 4) is 17.2 Å². The van der Waals surface area contributed by atoms with E-state index in [9.17, 15) is 4.39 Å². The van der Waals surface area contributed by atoms with Crippen LogP contribution in [0.5, 0.6) is 17.2 Å². The normalized spacial score (nSPS) is 10.1. The molecule has 0 bridgehead atoms. The predicted molar refractivity (Wildman–Crippen MR) is 74.8 cm³/mol. The molecule has 0 atom stereocenters. The summed E-state index contributed by atoms with van der Waals surface area (Å²) in [5.74, 6) is 1.15. The summed E-state index contributed by atoms with van der Waals surface area (Å²) in [7, 11) is 1.60. The Morgan fingerprint density at radius 3 is 2.25 bits per heavy atom. The van der Waals surface area contributed by atoms with Gasteiger partial charge in [-0.05, 0) is 36.4 Å². The maximum Gasteiger partial charge on any atom is 0.167 e. The number of hydrogen-bond acceptors (Lipinski definition) is 4. The summed E-state index contributed by atoms with van der Waals surface area (Å²) in [5, 5.41) is 0. The number of nitrogen functional groups attached to an aromatic ring is 1. The van der Waals surface area contributed by atoms with Crippen LogP contribution in [-0.4, -0.2) is 20.3 Å². The van der Waals surface area contributed by atoms with Crippen molar-refractivity contribution in [2.75, 3.05) is 26.1 Å². The first-order valence-corrected chi connectivity index (χ1v) is 6.14. The highest BCUT2D eigenvalue weighted by molar-refractivity contribution is 5.42. The molecule has 0 aliphatic rings. The van der Waals surface area contributed by atoms with Crippen molar-refractivity contribution in [2.24, 2.45) is 0 Å². The van der Waals surface area contributed by atoms with Gasteiger partial charge in [0.05, 0.1) is 7.11 Å². The molecule has 2 rings (SSSR count). The van der Waals surface area contributed by atoms with Crippen molar-refractivity contribution < 1.29 is 18.6 Å². The molecule has 2 aromatic rings. The van der Waals surface area contributed by atoms with Gasteiger partial charge >= 0.3 is 0 Å². The van der Waals surface area contributed by atoms with Crippen LogP contribution in [0.25, 0.3) is 0 Å². The summed E-state index contributed by atoms with van der Waals surface area (Å²) in [6.45, 7) is 0.559. The zero-order chi connectivity index (χ0) is 14.4. The van der Waals surface area contributed by atoms with Gasteiger partial charge in [-0.25, -0.2) is 4.39 Å². The van der Waals surface area contributed by atoms with Gasteiger partial charge in [0.2, 0.25) is 0 Å². The number of hydrogen-bond donors (Lipinski definition) is 1. The number of anilines is 1. The van der Waals surface area contributed by atoms with Crippen LogP contribution in [0, 0.1) is 5.82 Å². The van der Waals surface area contributed by atoms with Gasteiger partial charge in [0.25, 0.3) is 0 Å². The molecule has 0 unspecified atom stereocenters. The predicted octanol–water partition coefficient (Wildman–Crippen LogP) is 2.87. The van der Waals surface area contributed by atoms with E-state index in [0.717, 1.165) is 5.75 Å². The molecule has 0 amide bonds. The lowest BCUT2D eigenvalue weighted by Crippen LogP contribution is -2.09. The van der Waals surface area contributed by atoms with Gasteiger partial charge in [0.15, 0.2) is 11.6 Å². The van der Waals surface area contributed by atoms with E-state index < -0.39 is 5.82 Å². The fourth-order valence-electron chi connectivity index (χ4n) is 1.62. The lowest BCUT2D eigenvalue weighted by molar-refractivity contribution is 0.211. The van der Waals surface area contributed by atoms with Crippen LogP contribution in [0.1, 0.15) is 0 Å². The van der Waals surface area contributed by atoms with Gasteiger partial charge in [0.1, 0.15) is 24.7 Å². The molecule has 2 N–H and O–H groups in total. The summed E-state index contributed by atoms with van der Waals surface area (Å²) < 4.78 is 29.2. The quantitative estimate of drug-likeness (QED) is 0.651. The highest BCUT2D eigenvalue weighted by Gasteiger charge is 2.03. The fourth-order valence-corrected chi connectivity index (χ4v) is 1.62. The molecule has 0 spiro atoms. The molecule has 4 nitrogen and oxygen atoms in total. The van der Waals surface area contributed by atoms with Gasteiger partial charge in [-0.1, -0.05) is 0 Å². The Balaban J connectivity index is 1.78. The Bertz CT molecular complexity index is 558. The van der Waals surface area contributed by atoms with Crippen molar-refractivity contribution in [1.82, 2.24) is 0 Å². The number of methoxy groups -OCH3 is 1. The van der Waals surface area contributed by atoms with Crippen LogP contribution in [0.3, 0.4) is 0 Å². The number of halogens is 1. The Kier molecular flexibility index (Phi) is 4.65. The molecule has 0 saturated carbocycles. The summed E-state index contributed by atoms with van der Waals surface area (Å²) in [6, 6.07) is 11.5. The van der Waals surface area contributed by atoms with E-state index in [1.165, 1.54) is 12.1 Å². The number of benzene rings is 2. The molecule has 0 aliphatic carbocycles. The van der Waals surface area contributed by atoms with Gasteiger partial charge in [-0.15, -0.1) is 0 Å². The Hall–Kier alpha value is -2.43. The van der Waals surface area contributed by atoms with E-state index in [1.807, 2.05) is 0 Å². The van der Waals surface area contributed by atoms with E-state index in [0.29, 0.717) is 18.0 Å². The van der Waals surface area contributed by atoms with E-state index in [4.69, 9.17) is 19.9 Å². The lowest BCUT2D eigenvalue weighted by Gasteiger charge is -2.09. The van der Waals surface area contributed by atoms with Crippen molar-refractivity contribution >= 4 is 5.69 Å². The Morgan fingerprint density at radius 2 is 1.60 bits per heavy atom. The smallest absolute Gasteiger partial charge is 0.167 e. The Labute approximate surface area is 116 Å². The van der Waals surface area contributed by atoms with E-state index in [1.54, 1.807) is 37.4 Å². The molecule has 5 heteroatoms. The Morgan fingerprint density at radius 1 is 0.950 bits per heavy atom.